The summed E-state index contributed by atoms with van der Waals surface area (Å²) in [5, 5.41) is 12.7. The topological polar surface area (TPSA) is 127 Å². The SMILES string of the molecule is COc1ccc2c(-c3ccc(CNS(N)(=O)=O)cc3)n[nH]c(=O)c2c1. The molecule has 3 aromatic rings. The van der Waals surface area contributed by atoms with Crippen molar-refractivity contribution in [1.29, 1.82) is 0 Å². The van der Waals surface area contributed by atoms with Crippen LogP contribution in [0.15, 0.2) is 47.3 Å². The summed E-state index contributed by atoms with van der Waals surface area (Å²) in [5.74, 6) is 0.583. The highest BCUT2D eigenvalue weighted by atomic mass is 32.2. The fraction of sp³-hybridized carbons (Fsp3) is 0.125. The number of aromatic nitrogens is 2. The number of H-pyrrole nitrogens is 1. The average Bonchev–Trinajstić information content (AvgIpc) is 2.60. The van der Waals surface area contributed by atoms with E-state index in [-0.39, 0.29) is 12.1 Å². The first kappa shape index (κ1) is 17.1. The van der Waals surface area contributed by atoms with Crippen LogP contribution >= 0.6 is 0 Å². The van der Waals surface area contributed by atoms with Crippen LogP contribution < -0.4 is 20.2 Å². The summed E-state index contributed by atoms with van der Waals surface area (Å²) in [6.07, 6.45) is 0. The number of fused-ring (bicyclic) bond motifs is 1. The molecule has 3 rings (SSSR count). The number of methoxy groups -OCH3 is 1. The Morgan fingerprint density at radius 2 is 1.88 bits per heavy atom. The number of rotatable bonds is 5. The monoisotopic (exact) mass is 360 g/mol. The first-order valence-corrected chi connectivity index (χ1v) is 8.85. The first-order chi connectivity index (χ1) is 11.9. The van der Waals surface area contributed by atoms with Crippen molar-refractivity contribution in [1.82, 2.24) is 14.9 Å². The van der Waals surface area contributed by atoms with Crippen LogP contribution in [-0.2, 0) is 16.8 Å². The van der Waals surface area contributed by atoms with Gasteiger partial charge in [-0.3, -0.25) is 4.79 Å². The molecular formula is C16H16N4O4S. The van der Waals surface area contributed by atoms with Gasteiger partial charge >= 0.3 is 0 Å². The van der Waals surface area contributed by atoms with E-state index < -0.39 is 10.2 Å². The minimum Gasteiger partial charge on any atom is -0.497 e. The van der Waals surface area contributed by atoms with Gasteiger partial charge in [-0.15, -0.1) is 0 Å². The molecule has 0 bridgehead atoms. The van der Waals surface area contributed by atoms with Gasteiger partial charge in [0, 0.05) is 17.5 Å². The molecule has 4 N–H and O–H groups in total. The molecule has 0 spiro atoms. The van der Waals surface area contributed by atoms with Crippen molar-refractivity contribution < 1.29 is 13.2 Å². The van der Waals surface area contributed by atoms with Crippen LogP contribution in [0.3, 0.4) is 0 Å². The van der Waals surface area contributed by atoms with Crippen LogP contribution in [-0.4, -0.2) is 25.7 Å². The lowest BCUT2D eigenvalue weighted by atomic mass is 10.0. The number of hydrogen-bond acceptors (Lipinski definition) is 5. The molecular weight excluding hydrogens is 344 g/mol. The fourth-order valence-electron chi connectivity index (χ4n) is 2.46. The fourth-order valence-corrected chi connectivity index (χ4v) is 2.82. The van der Waals surface area contributed by atoms with E-state index in [2.05, 4.69) is 14.9 Å². The second kappa shape index (κ2) is 6.63. The highest BCUT2D eigenvalue weighted by Crippen LogP contribution is 2.27. The van der Waals surface area contributed by atoms with Gasteiger partial charge in [-0.2, -0.15) is 18.2 Å². The van der Waals surface area contributed by atoms with E-state index in [0.717, 1.165) is 11.1 Å². The lowest BCUT2D eigenvalue weighted by Crippen LogP contribution is -2.30. The van der Waals surface area contributed by atoms with Crippen LogP contribution in [0.4, 0.5) is 0 Å². The molecule has 0 radical (unpaired) electrons. The van der Waals surface area contributed by atoms with E-state index in [1.807, 2.05) is 0 Å². The maximum atomic E-state index is 12.0. The maximum Gasteiger partial charge on any atom is 0.274 e. The summed E-state index contributed by atoms with van der Waals surface area (Å²) < 4.78 is 29.2. The lowest BCUT2D eigenvalue weighted by molar-refractivity contribution is 0.415. The number of hydrogen-bond donors (Lipinski definition) is 3. The van der Waals surface area contributed by atoms with E-state index in [1.54, 1.807) is 42.5 Å². The molecule has 130 valence electrons. The Balaban J connectivity index is 1.99. The molecule has 0 amide bonds. The van der Waals surface area contributed by atoms with Crippen molar-refractivity contribution >= 4 is 21.0 Å². The van der Waals surface area contributed by atoms with Crippen LogP contribution in [0, 0.1) is 0 Å². The molecule has 0 saturated carbocycles. The molecule has 0 aliphatic carbocycles. The molecule has 2 aromatic carbocycles. The maximum absolute atomic E-state index is 12.0. The van der Waals surface area contributed by atoms with Gasteiger partial charge in [0.05, 0.1) is 18.2 Å². The summed E-state index contributed by atoms with van der Waals surface area (Å²) in [6, 6.07) is 12.3. The van der Waals surface area contributed by atoms with Gasteiger partial charge in [0.25, 0.3) is 15.8 Å². The Bertz CT molecular complexity index is 1080. The normalized spacial score (nSPS) is 11.6. The number of aromatic amines is 1. The molecule has 9 heteroatoms. The van der Waals surface area contributed by atoms with Crippen LogP contribution in [0.1, 0.15) is 5.56 Å². The summed E-state index contributed by atoms with van der Waals surface area (Å²) >= 11 is 0. The van der Waals surface area contributed by atoms with Gasteiger partial charge in [0.2, 0.25) is 0 Å². The molecule has 1 aromatic heterocycles. The highest BCUT2D eigenvalue weighted by Gasteiger charge is 2.10. The summed E-state index contributed by atoms with van der Waals surface area (Å²) in [5.41, 5.74) is 1.84. The number of nitrogens with one attached hydrogen (secondary N) is 2. The lowest BCUT2D eigenvalue weighted by Gasteiger charge is -2.08. The van der Waals surface area contributed by atoms with Crippen LogP contribution in [0.2, 0.25) is 0 Å². The van der Waals surface area contributed by atoms with E-state index >= 15 is 0 Å². The predicted octanol–water partition coefficient (Wildman–Crippen LogP) is 0.892. The molecule has 0 saturated heterocycles. The molecule has 0 unspecified atom stereocenters. The van der Waals surface area contributed by atoms with Gasteiger partial charge < -0.3 is 4.74 Å². The second-order valence-electron chi connectivity index (χ2n) is 5.38. The Labute approximate surface area is 143 Å². The number of nitrogens with zero attached hydrogens (tertiary/aromatic N) is 1. The molecule has 1 heterocycles. The molecule has 25 heavy (non-hydrogen) atoms. The molecule has 0 atom stereocenters. The van der Waals surface area contributed by atoms with Gasteiger partial charge in [-0.25, -0.2) is 10.2 Å². The summed E-state index contributed by atoms with van der Waals surface area (Å²) in [4.78, 5) is 12.0. The number of ether oxygens (including phenoxy) is 1. The largest absolute Gasteiger partial charge is 0.497 e. The minimum atomic E-state index is -3.74. The van der Waals surface area contributed by atoms with Crippen LogP contribution in [0.5, 0.6) is 5.75 Å². The van der Waals surface area contributed by atoms with Crippen molar-refractivity contribution in [2.24, 2.45) is 5.14 Å². The highest BCUT2D eigenvalue weighted by molar-refractivity contribution is 7.87. The Kier molecular flexibility index (Phi) is 4.53. The van der Waals surface area contributed by atoms with E-state index in [1.165, 1.54) is 7.11 Å². The predicted molar refractivity (Wildman–Crippen MR) is 94.3 cm³/mol. The average molecular weight is 360 g/mol. The van der Waals surface area contributed by atoms with E-state index in [0.29, 0.717) is 22.2 Å². The third kappa shape index (κ3) is 3.85. The Hall–Kier alpha value is -2.75. The second-order valence-corrected chi connectivity index (χ2v) is 6.75. The number of nitrogens with two attached hydrogens (primary N) is 1. The smallest absolute Gasteiger partial charge is 0.274 e. The zero-order valence-electron chi connectivity index (χ0n) is 13.3. The third-order valence-electron chi connectivity index (χ3n) is 3.70. The third-order valence-corrected chi connectivity index (χ3v) is 4.25. The van der Waals surface area contributed by atoms with E-state index in [4.69, 9.17) is 9.88 Å². The molecule has 0 aliphatic heterocycles. The van der Waals surface area contributed by atoms with Crippen molar-refractivity contribution in [2.45, 2.75) is 6.54 Å². The standard InChI is InChI=1S/C16H16N4O4S/c1-24-12-6-7-13-14(8-12)16(21)20-19-15(13)11-4-2-10(3-5-11)9-18-25(17,22)23/h2-8,18H,9H2,1H3,(H,20,21)(H2,17,22,23). The zero-order chi connectivity index (χ0) is 18.0. The zero-order valence-corrected chi connectivity index (χ0v) is 14.1. The van der Waals surface area contributed by atoms with Crippen molar-refractivity contribution in [3.05, 3.63) is 58.4 Å². The van der Waals surface area contributed by atoms with Crippen molar-refractivity contribution in [3.8, 4) is 17.0 Å². The summed E-state index contributed by atoms with van der Waals surface area (Å²) in [6.45, 7) is 0.0934. The van der Waals surface area contributed by atoms with Gasteiger partial charge in [-0.1, -0.05) is 24.3 Å². The minimum absolute atomic E-state index is 0.0934. The van der Waals surface area contributed by atoms with Crippen molar-refractivity contribution in [3.63, 3.8) is 0 Å². The first-order valence-electron chi connectivity index (χ1n) is 7.30. The van der Waals surface area contributed by atoms with Gasteiger partial charge in [0.15, 0.2) is 0 Å². The molecule has 0 fully saturated rings. The molecule has 8 nitrogen and oxygen atoms in total. The number of benzene rings is 2. The quantitative estimate of drug-likeness (QED) is 0.623. The summed E-state index contributed by atoms with van der Waals surface area (Å²) in [7, 11) is -2.21. The Morgan fingerprint density at radius 1 is 1.16 bits per heavy atom. The van der Waals surface area contributed by atoms with Crippen molar-refractivity contribution in [2.75, 3.05) is 7.11 Å². The Morgan fingerprint density at radius 3 is 2.52 bits per heavy atom. The molecule has 0 aliphatic rings. The van der Waals surface area contributed by atoms with Gasteiger partial charge in [-0.05, 0) is 23.8 Å². The van der Waals surface area contributed by atoms with E-state index in [9.17, 15) is 13.2 Å². The van der Waals surface area contributed by atoms with Crippen LogP contribution in [0.25, 0.3) is 22.0 Å². The van der Waals surface area contributed by atoms with Gasteiger partial charge in [0.1, 0.15) is 5.75 Å².